The lowest BCUT2D eigenvalue weighted by Crippen LogP contribution is -2.32. The summed E-state index contributed by atoms with van der Waals surface area (Å²) in [5, 5.41) is 0. The number of rotatable bonds is 3. The van der Waals surface area contributed by atoms with Crippen molar-refractivity contribution < 1.29 is 0 Å². The second-order valence-corrected chi connectivity index (χ2v) is 5.93. The van der Waals surface area contributed by atoms with Gasteiger partial charge in [0.05, 0.1) is 0 Å². The number of benzene rings is 1. The van der Waals surface area contributed by atoms with Crippen LogP contribution >= 0.6 is 22.6 Å². The molecule has 1 aliphatic rings. The van der Waals surface area contributed by atoms with Crippen molar-refractivity contribution >= 4 is 22.6 Å². The molecule has 0 saturated heterocycles. The van der Waals surface area contributed by atoms with Crippen LogP contribution in [0, 0.1) is 0 Å². The fourth-order valence-electron chi connectivity index (χ4n) is 2.55. The van der Waals surface area contributed by atoms with Gasteiger partial charge < -0.3 is 0 Å². The maximum absolute atomic E-state index is 2.57. The summed E-state index contributed by atoms with van der Waals surface area (Å²) in [4.78, 5) is 2.57. The van der Waals surface area contributed by atoms with Gasteiger partial charge in [-0.3, -0.25) is 4.90 Å². The van der Waals surface area contributed by atoms with Crippen LogP contribution in [0.4, 0.5) is 0 Å². The number of fused-ring (bicyclic) bond motifs is 1. The lowest BCUT2D eigenvalue weighted by atomic mass is 9.89. The molecule has 0 aliphatic carbocycles. The lowest BCUT2D eigenvalue weighted by molar-refractivity contribution is 0.271. The van der Waals surface area contributed by atoms with Crippen molar-refractivity contribution in [3.63, 3.8) is 0 Å². The van der Waals surface area contributed by atoms with E-state index in [2.05, 4.69) is 59.5 Å². The number of halogens is 1. The number of hydrogen-bond acceptors (Lipinski definition) is 1. The van der Waals surface area contributed by atoms with E-state index in [9.17, 15) is 0 Å². The monoisotopic (exact) mass is 329 g/mol. The van der Waals surface area contributed by atoms with Gasteiger partial charge in [0.15, 0.2) is 0 Å². The Hall–Kier alpha value is -0.0900. The molecule has 0 spiro atoms. The highest BCUT2D eigenvalue weighted by Crippen LogP contribution is 2.27. The molecule has 1 nitrogen and oxygen atoms in total. The van der Waals surface area contributed by atoms with Gasteiger partial charge in [0.1, 0.15) is 0 Å². The molecule has 0 radical (unpaired) electrons. The SMILES string of the molecule is CC(C)c1cccc2c1CCN(CCI)C2. The highest BCUT2D eigenvalue weighted by Gasteiger charge is 2.18. The topological polar surface area (TPSA) is 3.24 Å². The molecule has 88 valence electrons. The van der Waals surface area contributed by atoms with E-state index in [1.165, 1.54) is 23.9 Å². The van der Waals surface area contributed by atoms with Gasteiger partial charge in [-0.15, -0.1) is 0 Å². The van der Waals surface area contributed by atoms with Crippen LogP contribution in [0.1, 0.15) is 36.5 Å². The lowest BCUT2D eigenvalue weighted by Gasteiger charge is -2.30. The molecular formula is C14H20IN. The van der Waals surface area contributed by atoms with Crippen molar-refractivity contribution in [2.45, 2.75) is 32.7 Å². The minimum atomic E-state index is 0.658. The van der Waals surface area contributed by atoms with E-state index in [-0.39, 0.29) is 0 Å². The molecule has 1 aromatic carbocycles. The van der Waals surface area contributed by atoms with Crippen molar-refractivity contribution in [1.29, 1.82) is 0 Å². The van der Waals surface area contributed by atoms with Crippen LogP contribution in [0.15, 0.2) is 18.2 Å². The summed E-state index contributed by atoms with van der Waals surface area (Å²) in [7, 11) is 0. The van der Waals surface area contributed by atoms with E-state index in [0.717, 1.165) is 6.54 Å². The Kier molecular flexibility index (Phi) is 4.25. The van der Waals surface area contributed by atoms with E-state index >= 15 is 0 Å². The zero-order valence-corrected chi connectivity index (χ0v) is 12.3. The van der Waals surface area contributed by atoms with Crippen molar-refractivity contribution in [3.8, 4) is 0 Å². The van der Waals surface area contributed by atoms with Crippen LogP contribution in [-0.2, 0) is 13.0 Å². The Morgan fingerprint density at radius 3 is 2.88 bits per heavy atom. The average molecular weight is 329 g/mol. The van der Waals surface area contributed by atoms with E-state index in [1.54, 1.807) is 16.7 Å². The van der Waals surface area contributed by atoms with Crippen LogP contribution in [0.25, 0.3) is 0 Å². The Balaban J connectivity index is 2.24. The summed E-state index contributed by atoms with van der Waals surface area (Å²) in [5.74, 6) is 0.658. The fraction of sp³-hybridized carbons (Fsp3) is 0.571. The van der Waals surface area contributed by atoms with E-state index in [0.29, 0.717) is 5.92 Å². The summed E-state index contributed by atoms with van der Waals surface area (Å²) in [6, 6.07) is 6.83. The second-order valence-electron chi connectivity index (χ2n) is 4.85. The Morgan fingerprint density at radius 2 is 2.19 bits per heavy atom. The summed E-state index contributed by atoms with van der Waals surface area (Å²) in [6.45, 7) is 8.21. The zero-order chi connectivity index (χ0) is 11.5. The number of hydrogen-bond donors (Lipinski definition) is 0. The first kappa shape index (κ1) is 12.4. The van der Waals surface area contributed by atoms with Crippen LogP contribution in [0.2, 0.25) is 0 Å². The Morgan fingerprint density at radius 1 is 1.38 bits per heavy atom. The molecule has 1 aliphatic heterocycles. The van der Waals surface area contributed by atoms with Gasteiger partial charge in [0, 0.05) is 24.1 Å². The third-order valence-corrected chi connectivity index (χ3v) is 3.89. The fourth-order valence-corrected chi connectivity index (χ4v) is 3.23. The maximum Gasteiger partial charge on any atom is 0.0237 e. The average Bonchev–Trinajstić information content (AvgIpc) is 2.28. The van der Waals surface area contributed by atoms with Crippen LogP contribution in [0.5, 0.6) is 0 Å². The van der Waals surface area contributed by atoms with Crippen LogP contribution < -0.4 is 0 Å². The van der Waals surface area contributed by atoms with E-state index < -0.39 is 0 Å². The highest BCUT2D eigenvalue weighted by atomic mass is 127. The minimum absolute atomic E-state index is 0.658. The molecule has 1 aromatic rings. The number of alkyl halides is 1. The normalized spacial score (nSPS) is 16.5. The van der Waals surface area contributed by atoms with E-state index in [4.69, 9.17) is 0 Å². The third-order valence-electron chi connectivity index (χ3n) is 3.40. The Bertz CT molecular complexity index is 360. The molecular weight excluding hydrogens is 309 g/mol. The molecule has 0 N–H and O–H groups in total. The molecule has 0 aromatic heterocycles. The van der Waals surface area contributed by atoms with Crippen molar-refractivity contribution in [2.75, 3.05) is 17.5 Å². The van der Waals surface area contributed by atoms with Gasteiger partial charge in [-0.2, -0.15) is 0 Å². The molecule has 0 fully saturated rings. The molecule has 0 amide bonds. The third kappa shape index (κ3) is 2.59. The first-order valence-corrected chi connectivity index (χ1v) is 7.64. The second kappa shape index (κ2) is 5.50. The van der Waals surface area contributed by atoms with Crippen molar-refractivity contribution in [3.05, 3.63) is 34.9 Å². The first-order valence-electron chi connectivity index (χ1n) is 6.11. The molecule has 2 heteroatoms. The van der Waals surface area contributed by atoms with Gasteiger partial charge in [0.25, 0.3) is 0 Å². The summed E-state index contributed by atoms with van der Waals surface area (Å²) in [5.41, 5.74) is 4.75. The van der Waals surface area contributed by atoms with Crippen LogP contribution in [-0.4, -0.2) is 22.4 Å². The smallest absolute Gasteiger partial charge is 0.0237 e. The first-order chi connectivity index (χ1) is 7.72. The molecule has 16 heavy (non-hydrogen) atoms. The van der Waals surface area contributed by atoms with Crippen LogP contribution in [0.3, 0.4) is 0 Å². The largest absolute Gasteiger partial charge is 0.298 e. The molecule has 0 saturated carbocycles. The maximum atomic E-state index is 2.57. The zero-order valence-electron chi connectivity index (χ0n) is 10.2. The summed E-state index contributed by atoms with van der Waals surface area (Å²) >= 11 is 2.47. The minimum Gasteiger partial charge on any atom is -0.298 e. The highest BCUT2D eigenvalue weighted by molar-refractivity contribution is 14.1. The standard InChI is InChI=1S/C14H20IN/c1-11(2)13-5-3-4-12-10-16(9-7-15)8-6-14(12)13/h3-5,11H,6-10H2,1-2H3. The molecule has 0 atom stereocenters. The van der Waals surface area contributed by atoms with Gasteiger partial charge in [-0.25, -0.2) is 0 Å². The molecule has 1 heterocycles. The quantitative estimate of drug-likeness (QED) is 0.605. The summed E-state index contributed by atoms with van der Waals surface area (Å²) < 4.78 is 1.23. The van der Waals surface area contributed by atoms with Gasteiger partial charge in [-0.05, 0) is 29.0 Å². The molecule has 2 rings (SSSR count). The molecule has 0 unspecified atom stereocenters. The van der Waals surface area contributed by atoms with Gasteiger partial charge in [-0.1, -0.05) is 54.6 Å². The van der Waals surface area contributed by atoms with Gasteiger partial charge >= 0.3 is 0 Å². The van der Waals surface area contributed by atoms with Crippen molar-refractivity contribution in [1.82, 2.24) is 4.90 Å². The van der Waals surface area contributed by atoms with E-state index in [1.807, 2.05) is 0 Å². The predicted octanol–water partition coefficient (Wildman–Crippen LogP) is 3.60. The number of nitrogens with zero attached hydrogens (tertiary/aromatic N) is 1. The van der Waals surface area contributed by atoms with Gasteiger partial charge in [0.2, 0.25) is 0 Å². The Labute approximate surface area is 112 Å². The predicted molar refractivity (Wildman–Crippen MR) is 78.4 cm³/mol. The molecule has 0 bridgehead atoms. The summed E-state index contributed by atoms with van der Waals surface area (Å²) in [6.07, 6.45) is 1.24. The van der Waals surface area contributed by atoms with Crippen molar-refractivity contribution in [2.24, 2.45) is 0 Å².